The third-order valence-corrected chi connectivity index (χ3v) is 3.07. The molecule has 0 aliphatic rings. The highest BCUT2D eigenvalue weighted by Gasteiger charge is 2.36. The van der Waals surface area contributed by atoms with Crippen LogP contribution in [-0.2, 0) is 6.18 Å². The number of rotatable bonds is 5. The molecule has 0 bridgehead atoms. The van der Waals surface area contributed by atoms with Crippen molar-refractivity contribution in [1.29, 1.82) is 0 Å². The lowest BCUT2D eigenvalue weighted by atomic mass is 10.3. The van der Waals surface area contributed by atoms with Crippen molar-refractivity contribution in [3.8, 4) is 5.88 Å². The third-order valence-electron chi connectivity index (χ3n) is 3.07. The molecular weight excluding hydrogens is 314 g/mol. The number of nitrogens with zero attached hydrogens (tertiary/aromatic N) is 2. The Labute approximate surface area is 130 Å². The van der Waals surface area contributed by atoms with E-state index in [9.17, 15) is 17.6 Å². The Hall–Kier alpha value is -2.38. The predicted octanol–water partition coefficient (Wildman–Crippen LogP) is 4.56. The average Bonchev–Trinajstić information content (AvgIpc) is 2.48. The van der Waals surface area contributed by atoms with Crippen LogP contribution in [-0.4, -0.2) is 16.1 Å². The standard InChI is InChI=1S/C15H15F4N3O/c1-3-9(2)23-13-10(15(17,18)19)8-20-14(22-13)21-12-7-5-4-6-11(12)16/h4-9H,3H2,1-2H3,(H,20,21,22). The molecule has 0 spiro atoms. The first-order chi connectivity index (χ1) is 10.8. The summed E-state index contributed by atoms with van der Waals surface area (Å²) in [5.74, 6) is -1.33. The smallest absolute Gasteiger partial charge is 0.423 e. The molecule has 0 aliphatic carbocycles. The Kier molecular flexibility index (Phi) is 5.02. The van der Waals surface area contributed by atoms with Gasteiger partial charge in [-0.15, -0.1) is 0 Å². The number of ether oxygens (including phenoxy) is 1. The van der Waals surface area contributed by atoms with E-state index in [1.165, 1.54) is 18.2 Å². The molecule has 0 saturated carbocycles. The average molecular weight is 329 g/mol. The van der Waals surface area contributed by atoms with E-state index in [-0.39, 0.29) is 11.6 Å². The SMILES string of the molecule is CCC(C)Oc1nc(Nc2ccccc2F)ncc1C(F)(F)F. The molecule has 0 fully saturated rings. The number of halogens is 4. The van der Waals surface area contributed by atoms with Gasteiger partial charge < -0.3 is 10.1 Å². The molecule has 1 heterocycles. The lowest BCUT2D eigenvalue weighted by Crippen LogP contribution is -2.17. The van der Waals surface area contributed by atoms with Gasteiger partial charge in [0.1, 0.15) is 11.4 Å². The summed E-state index contributed by atoms with van der Waals surface area (Å²) in [7, 11) is 0. The minimum Gasteiger partial charge on any atom is -0.474 e. The minimum absolute atomic E-state index is 0.0572. The van der Waals surface area contributed by atoms with E-state index in [1.54, 1.807) is 19.9 Å². The number of benzene rings is 1. The molecule has 124 valence electrons. The van der Waals surface area contributed by atoms with Gasteiger partial charge in [0, 0.05) is 6.20 Å². The van der Waals surface area contributed by atoms with Gasteiger partial charge in [-0.3, -0.25) is 0 Å². The number of aromatic nitrogens is 2. The van der Waals surface area contributed by atoms with Gasteiger partial charge in [-0.2, -0.15) is 18.2 Å². The number of hydrogen-bond acceptors (Lipinski definition) is 4. The largest absolute Gasteiger partial charge is 0.474 e. The summed E-state index contributed by atoms with van der Waals surface area (Å²) in [6.45, 7) is 3.41. The van der Waals surface area contributed by atoms with Gasteiger partial charge in [0.25, 0.3) is 0 Å². The zero-order valence-electron chi connectivity index (χ0n) is 12.5. The van der Waals surface area contributed by atoms with E-state index >= 15 is 0 Å². The van der Waals surface area contributed by atoms with Crippen molar-refractivity contribution in [2.24, 2.45) is 0 Å². The van der Waals surface area contributed by atoms with Gasteiger partial charge in [-0.1, -0.05) is 19.1 Å². The Morgan fingerprint density at radius 1 is 1.26 bits per heavy atom. The van der Waals surface area contributed by atoms with Crippen molar-refractivity contribution in [3.05, 3.63) is 41.8 Å². The molecule has 2 rings (SSSR count). The van der Waals surface area contributed by atoms with Crippen molar-refractivity contribution >= 4 is 11.6 Å². The topological polar surface area (TPSA) is 47.0 Å². The van der Waals surface area contributed by atoms with Crippen LogP contribution < -0.4 is 10.1 Å². The molecule has 1 aromatic heterocycles. The van der Waals surface area contributed by atoms with Gasteiger partial charge in [-0.05, 0) is 25.5 Å². The molecule has 8 heteroatoms. The van der Waals surface area contributed by atoms with E-state index in [1.807, 2.05) is 0 Å². The van der Waals surface area contributed by atoms with Crippen molar-refractivity contribution in [2.45, 2.75) is 32.5 Å². The Balaban J connectivity index is 2.35. The van der Waals surface area contributed by atoms with Crippen LogP contribution in [0.15, 0.2) is 30.5 Å². The Morgan fingerprint density at radius 3 is 2.57 bits per heavy atom. The molecule has 0 amide bonds. The molecule has 1 aromatic carbocycles. The summed E-state index contributed by atoms with van der Waals surface area (Å²) in [6, 6.07) is 5.70. The van der Waals surface area contributed by atoms with Crippen molar-refractivity contribution in [2.75, 3.05) is 5.32 Å². The van der Waals surface area contributed by atoms with Gasteiger partial charge in [-0.25, -0.2) is 9.37 Å². The molecule has 1 N–H and O–H groups in total. The Morgan fingerprint density at radius 2 is 1.96 bits per heavy atom. The Bertz CT molecular complexity index is 676. The number of anilines is 2. The number of alkyl halides is 3. The predicted molar refractivity (Wildman–Crippen MR) is 77.1 cm³/mol. The van der Waals surface area contributed by atoms with Gasteiger partial charge in [0.15, 0.2) is 0 Å². The monoisotopic (exact) mass is 329 g/mol. The first-order valence-electron chi connectivity index (χ1n) is 6.93. The van der Waals surface area contributed by atoms with Crippen LogP contribution in [0.1, 0.15) is 25.8 Å². The van der Waals surface area contributed by atoms with E-state index in [0.29, 0.717) is 12.6 Å². The first kappa shape index (κ1) is 17.0. The van der Waals surface area contributed by atoms with E-state index < -0.39 is 29.5 Å². The van der Waals surface area contributed by atoms with Crippen LogP contribution in [0.2, 0.25) is 0 Å². The van der Waals surface area contributed by atoms with Crippen LogP contribution in [0.3, 0.4) is 0 Å². The molecular formula is C15H15F4N3O. The quantitative estimate of drug-likeness (QED) is 0.817. The lowest BCUT2D eigenvalue weighted by Gasteiger charge is -2.17. The van der Waals surface area contributed by atoms with E-state index in [4.69, 9.17) is 4.74 Å². The number of hydrogen-bond donors (Lipinski definition) is 1. The fourth-order valence-corrected chi connectivity index (χ4v) is 1.67. The summed E-state index contributed by atoms with van der Waals surface area (Å²) in [6.07, 6.45) is -3.96. The molecule has 2 aromatic rings. The van der Waals surface area contributed by atoms with Crippen molar-refractivity contribution < 1.29 is 22.3 Å². The maximum atomic E-state index is 13.6. The summed E-state index contributed by atoms with van der Waals surface area (Å²) < 4.78 is 57.8. The summed E-state index contributed by atoms with van der Waals surface area (Å²) in [4.78, 5) is 7.32. The summed E-state index contributed by atoms with van der Waals surface area (Å²) in [5.41, 5.74) is -1.02. The fraction of sp³-hybridized carbons (Fsp3) is 0.333. The molecule has 1 unspecified atom stereocenters. The highest BCUT2D eigenvalue weighted by molar-refractivity contribution is 5.54. The molecule has 23 heavy (non-hydrogen) atoms. The van der Waals surface area contributed by atoms with Crippen LogP contribution in [0, 0.1) is 5.82 Å². The molecule has 0 aliphatic heterocycles. The van der Waals surface area contributed by atoms with Gasteiger partial charge >= 0.3 is 6.18 Å². The molecule has 4 nitrogen and oxygen atoms in total. The normalized spacial score (nSPS) is 12.8. The second kappa shape index (κ2) is 6.80. The van der Waals surface area contributed by atoms with E-state index in [0.717, 1.165) is 0 Å². The zero-order chi connectivity index (χ0) is 17.0. The van der Waals surface area contributed by atoms with Gasteiger partial charge in [0.05, 0.1) is 11.8 Å². The van der Waals surface area contributed by atoms with Crippen LogP contribution in [0.5, 0.6) is 5.88 Å². The van der Waals surface area contributed by atoms with Crippen LogP contribution in [0.4, 0.5) is 29.2 Å². The second-order valence-electron chi connectivity index (χ2n) is 4.85. The molecule has 0 saturated heterocycles. The fourth-order valence-electron chi connectivity index (χ4n) is 1.67. The highest BCUT2D eigenvalue weighted by Crippen LogP contribution is 2.36. The van der Waals surface area contributed by atoms with Crippen molar-refractivity contribution in [1.82, 2.24) is 9.97 Å². The van der Waals surface area contributed by atoms with Crippen molar-refractivity contribution in [3.63, 3.8) is 0 Å². The number of nitrogens with one attached hydrogen (secondary N) is 1. The third kappa shape index (κ3) is 4.30. The maximum absolute atomic E-state index is 13.6. The van der Waals surface area contributed by atoms with Crippen LogP contribution in [0.25, 0.3) is 0 Å². The number of para-hydroxylation sites is 1. The highest BCUT2D eigenvalue weighted by atomic mass is 19.4. The first-order valence-corrected chi connectivity index (χ1v) is 6.93. The van der Waals surface area contributed by atoms with Crippen LogP contribution >= 0.6 is 0 Å². The minimum atomic E-state index is -4.64. The maximum Gasteiger partial charge on any atom is 0.423 e. The summed E-state index contributed by atoms with van der Waals surface area (Å²) in [5, 5.41) is 2.54. The van der Waals surface area contributed by atoms with Gasteiger partial charge in [0.2, 0.25) is 11.8 Å². The lowest BCUT2D eigenvalue weighted by molar-refractivity contribution is -0.139. The molecule has 0 radical (unpaired) electrons. The zero-order valence-corrected chi connectivity index (χ0v) is 12.5. The van der Waals surface area contributed by atoms with E-state index in [2.05, 4.69) is 15.3 Å². The second-order valence-corrected chi connectivity index (χ2v) is 4.85. The summed E-state index contributed by atoms with van der Waals surface area (Å²) >= 11 is 0. The molecule has 1 atom stereocenters.